The molecule has 0 unspecified atom stereocenters. The maximum Gasteiger partial charge on any atom is 0.338 e. The summed E-state index contributed by atoms with van der Waals surface area (Å²) in [5.41, 5.74) is -0.400. The highest BCUT2D eigenvalue weighted by atomic mass is 35.5. The summed E-state index contributed by atoms with van der Waals surface area (Å²) < 4.78 is 39.9. The molecule has 0 amide bonds. The third-order valence-corrected chi connectivity index (χ3v) is 4.15. The van der Waals surface area contributed by atoms with Crippen LogP contribution in [0.25, 0.3) is 0 Å². The van der Waals surface area contributed by atoms with Crippen molar-refractivity contribution >= 4 is 27.6 Å². The molecular weight excluding hydrogens is 309 g/mol. The zero-order valence-corrected chi connectivity index (χ0v) is 12.3. The van der Waals surface area contributed by atoms with E-state index in [1.807, 2.05) is 0 Å². The quantitative estimate of drug-likeness (QED) is 0.872. The summed E-state index contributed by atoms with van der Waals surface area (Å²) in [7, 11) is -4.00. The summed E-state index contributed by atoms with van der Waals surface area (Å²) in [6.45, 7) is 3.12. The molecule has 1 aromatic carbocycles. The van der Waals surface area contributed by atoms with Gasteiger partial charge >= 0.3 is 5.97 Å². The van der Waals surface area contributed by atoms with Gasteiger partial charge in [0.15, 0.2) is 0 Å². The van der Waals surface area contributed by atoms with E-state index < -0.39 is 32.9 Å². The Morgan fingerprint density at radius 1 is 1.45 bits per heavy atom. The summed E-state index contributed by atoms with van der Waals surface area (Å²) in [6, 6.07) is 2.58. The molecule has 0 fully saturated rings. The number of halogens is 2. The number of rotatable bonds is 5. The van der Waals surface area contributed by atoms with Crippen LogP contribution in [0.3, 0.4) is 0 Å². The predicted molar refractivity (Wildman–Crippen MR) is 72.8 cm³/mol. The van der Waals surface area contributed by atoms with Crippen molar-refractivity contribution in [1.29, 1.82) is 0 Å². The molecular formula is C12H13ClFNO4S. The molecule has 0 bridgehead atoms. The number of benzene rings is 1. The average molecular weight is 322 g/mol. The lowest BCUT2D eigenvalue weighted by Crippen LogP contribution is -2.41. The van der Waals surface area contributed by atoms with Gasteiger partial charge in [0.25, 0.3) is 0 Å². The van der Waals surface area contributed by atoms with Gasteiger partial charge in [-0.3, -0.25) is 0 Å². The number of nitrogens with one attached hydrogen (secondary N) is 1. The topological polar surface area (TPSA) is 83.5 Å². The fourth-order valence-electron chi connectivity index (χ4n) is 1.43. The van der Waals surface area contributed by atoms with E-state index in [-0.39, 0.29) is 4.90 Å². The van der Waals surface area contributed by atoms with Crippen LogP contribution in [0.15, 0.2) is 34.7 Å². The van der Waals surface area contributed by atoms with Crippen molar-refractivity contribution < 1.29 is 22.7 Å². The zero-order valence-electron chi connectivity index (χ0n) is 10.7. The van der Waals surface area contributed by atoms with Gasteiger partial charge in [0.1, 0.15) is 5.82 Å². The van der Waals surface area contributed by atoms with Gasteiger partial charge < -0.3 is 5.11 Å². The molecule has 5 nitrogen and oxygen atoms in total. The Hall–Kier alpha value is -1.44. The van der Waals surface area contributed by atoms with E-state index in [4.69, 9.17) is 16.7 Å². The zero-order chi connectivity index (χ0) is 15.6. The van der Waals surface area contributed by atoms with Crippen LogP contribution in [0.4, 0.5) is 4.39 Å². The molecule has 0 spiro atoms. The highest BCUT2D eigenvalue weighted by molar-refractivity contribution is 7.89. The fraction of sp³-hybridized carbons (Fsp3) is 0.250. The maximum atomic E-state index is 13.5. The van der Waals surface area contributed by atoms with Crippen LogP contribution in [-0.2, 0) is 10.0 Å². The first kappa shape index (κ1) is 16.6. The largest absolute Gasteiger partial charge is 0.478 e. The van der Waals surface area contributed by atoms with Gasteiger partial charge in [-0.05, 0) is 32.0 Å². The maximum absolute atomic E-state index is 13.5. The van der Waals surface area contributed by atoms with Gasteiger partial charge in [-0.2, -0.15) is 0 Å². The van der Waals surface area contributed by atoms with Gasteiger partial charge in [-0.25, -0.2) is 22.3 Å². The lowest BCUT2D eigenvalue weighted by Gasteiger charge is -2.21. The lowest BCUT2D eigenvalue weighted by molar-refractivity contribution is 0.0691. The standard InChI is InChI=1S/C12H13ClFNO4S/c1-12(2,5-6-13)15-20(18,19)8-3-4-9(11(16)17)10(14)7-8/h3-7,15H,1-2H3,(H,16,17)/b6-5+. The molecule has 0 aliphatic rings. The van der Waals surface area contributed by atoms with Crippen molar-refractivity contribution in [3.63, 3.8) is 0 Å². The van der Waals surface area contributed by atoms with Gasteiger partial charge in [-0.1, -0.05) is 17.7 Å². The predicted octanol–water partition coefficient (Wildman–Crippen LogP) is 2.33. The number of carbonyl (C=O) groups is 1. The van der Waals surface area contributed by atoms with Crippen LogP contribution >= 0.6 is 11.6 Å². The van der Waals surface area contributed by atoms with E-state index in [1.165, 1.54) is 6.08 Å². The minimum absolute atomic E-state index is 0.365. The number of aromatic carboxylic acids is 1. The van der Waals surface area contributed by atoms with Crippen LogP contribution in [0.1, 0.15) is 24.2 Å². The highest BCUT2D eigenvalue weighted by Gasteiger charge is 2.25. The molecule has 1 rings (SSSR count). The first-order valence-electron chi connectivity index (χ1n) is 5.44. The third kappa shape index (κ3) is 4.03. The molecule has 0 radical (unpaired) electrons. The number of carboxylic acids is 1. The van der Waals surface area contributed by atoms with Crippen LogP contribution in [-0.4, -0.2) is 25.0 Å². The van der Waals surface area contributed by atoms with Gasteiger partial charge in [0.2, 0.25) is 10.0 Å². The Kier molecular flexibility index (Phi) is 4.90. The van der Waals surface area contributed by atoms with E-state index in [0.717, 1.165) is 17.7 Å². The molecule has 0 atom stereocenters. The van der Waals surface area contributed by atoms with E-state index in [1.54, 1.807) is 13.8 Å². The second-order valence-electron chi connectivity index (χ2n) is 4.57. The Morgan fingerprint density at radius 3 is 2.50 bits per heavy atom. The monoisotopic (exact) mass is 321 g/mol. The third-order valence-electron chi connectivity index (χ3n) is 2.36. The smallest absolute Gasteiger partial charge is 0.338 e. The van der Waals surface area contributed by atoms with Crippen molar-refractivity contribution in [3.05, 3.63) is 41.2 Å². The summed E-state index contributed by atoms with van der Waals surface area (Å²) in [4.78, 5) is 10.3. The van der Waals surface area contributed by atoms with Gasteiger partial charge in [0.05, 0.1) is 10.5 Å². The Morgan fingerprint density at radius 2 is 2.05 bits per heavy atom. The second kappa shape index (κ2) is 5.90. The van der Waals surface area contributed by atoms with E-state index in [2.05, 4.69) is 4.72 Å². The van der Waals surface area contributed by atoms with Crippen molar-refractivity contribution in [2.24, 2.45) is 0 Å². The lowest BCUT2D eigenvalue weighted by atomic mass is 10.1. The van der Waals surface area contributed by atoms with Crippen molar-refractivity contribution in [1.82, 2.24) is 4.72 Å². The summed E-state index contributed by atoms with van der Waals surface area (Å²) in [5, 5.41) is 8.69. The van der Waals surface area contributed by atoms with E-state index >= 15 is 0 Å². The normalized spacial score (nSPS) is 12.8. The summed E-state index contributed by atoms with van der Waals surface area (Å²) in [5.74, 6) is -2.59. The first-order valence-corrected chi connectivity index (χ1v) is 7.36. The first-order chi connectivity index (χ1) is 9.09. The molecule has 20 heavy (non-hydrogen) atoms. The molecule has 0 aliphatic carbocycles. The van der Waals surface area contributed by atoms with Crippen molar-refractivity contribution in [2.45, 2.75) is 24.3 Å². The Balaban J connectivity index is 3.17. The second-order valence-corrected chi connectivity index (χ2v) is 6.50. The molecule has 1 aromatic rings. The molecule has 0 saturated carbocycles. The van der Waals surface area contributed by atoms with Gasteiger partial charge in [-0.15, -0.1) is 0 Å². The number of hydrogen-bond acceptors (Lipinski definition) is 3. The van der Waals surface area contributed by atoms with Crippen LogP contribution in [0, 0.1) is 5.82 Å². The molecule has 2 N–H and O–H groups in total. The summed E-state index contributed by atoms with van der Waals surface area (Å²) in [6.07, 6.45) is 1.41. The molecule has 0 heterocycles. The number of carboxylic acid groups (broad SMARTS) is 1. The van der Waals surface area contributed by atoms with Crippen LogP contribution in [0.2, 0.25) is 0 Å². The minimum atomic E-state index is -4.00. The van der Waals surface area contributed by atoms with Crippen molar-refractivity contribution in [2.75, 3.05) is 0 Å². The van der Waals surface area contributed by atoms with E-state index in [0.29, 0.717) is 6.07 Å². The molecule has 0 saturated heterocycles. The number of sulfonamides is 1. The minimum Gasteiger partial charge on any atom is -0.478 e. The Labute approximate surface area is 121 Å². The SMILES string of the molecule is CC(C)(/C=C/Cl)NS(=O)(=O)c1ccc(C(=O)O)c(F)c1. The van der Waals surface area contributed by atoms with Gasteiger partial charge in [0, 0.05) is 11.1 Å². The molecule has 8 heteroatoms. The van der Waals surface area contributed by atoms with Crippen LogP contribution in [0.5, 0.6) is 0 Å². The highest BCUT2D eigenvalue weighted by Crippen LogP contribution is 2.18. The van der Waals surface area contributed by atoms with Crippen LogP contribution < -0.4 is 4.72 Å². The molecule has 0 aromatic heterocycles. The van der Waals surface area contributed by atoms with Crippen molar-refractivity contribution in [3.8, 4) is 0 Å². The number of hydrogen-bond donors (Lipinski definition) is 2. The molecule has 0 aliphatic heterocycles. The van der Waals surface area contributed by atoms with E-state index in [9.17, 15) is 17.6 Å². The summed E-state index contributed by atoms with van der Waals surface area (Å²) >= 11 is 5.40. The average Bonchev–Trinajstić information content (AvgIpc) is 2.26. The Bertz CT molecular complexity index is 655. The fourth-order valence-corrected chi connectivity index (χ4v) is 3.13. The molecule has 110 valence electrons.